The van der Waals surface area contributed by atoms with E-state index in [1.807, 2.05) is 54.6 Å². The Balaban J connectivity index is 1.52. The number of nitrogens with one attached hydrogen (secondary N) is 1. The van der Waals surface area contributed by atoms with Gasteiger partial charge in [0.15, 0.2) is 0 Å². The number of nitrogens with zero attached hydrogens (tertiary/aromatic N) is 4. The molecular weight excluding hydrogens is 326 g/mol. The number of benzene rings is 3. The topological polar surface area (TPSA) is 72.7 Å². The molecule has 6 nitrogen and oxygen atoms in total. The molecule has 1 amide bonds. The maximum absolute atomic E-state index is 12.3. The minimum absolute atomic E-state index is 0.202. The zero-order valence-electron chi connectivity index (χ0n) is 13.8. The molecule has 1 heterocycles. The van der Waals surface area contributed by atoms with E-state index < -0.39 is 0 Å². The first-order valence-corrected chi connectivity index (χ1v) is 8.10. The third kappa shape index (κ3) is 3.34. The summed E-state index contributed by atoms with van der Waals surface area (Å²) >= 11 is 0. The summed E-state index contributed by atoms with van der Waals surface area (Å²) in [5, 5.41) is 16.2. The predicted molar refractivity (Wildman–Crippen MR) is 101 cm³/mol. The lowest BCUT2D eigenvalue weighted by Crippen LogP contribution is -2.08. The Morgan fingerprint density at radius 3 is 2.73 bits per heavy atom. The summed E-state index contributed by atoms with van der Waals surface area (Å²) in [6, 6.07) is 21.4. The van der Waals surface area contributed by atoms with Crippen LogP contribution in [0.25, 0.3) is 22.5 Å². The molecule has 0 saturated carbocycles. The summed E-state index contributed by atoms with van der Waals surface area (Å²) in [4.78, 5) is 12.3. The molecule has 126 valence electrons. The number of amides is 1. The first-order chi connectivity index (χ1) is 12.8. The monoisotopic (exact) mass is 341 g/mol. The van der Waals surface area contributed by atoms with Crippen LogP contribution in [0.2, 0.25) is 0 Å². The summed E-state index contributed by atoms with van der Waals surface area (Å²) in [5.74, 6) is -0.202. The number of hydrogen-bond donors (Lipinski definition) is 1. The van der Waals surface area contributed by atoms with Crippen molar-refractivity contribution < 1.29 is 4.79 Å². The van der Waals surface area contributed by atoms with E-state index in [0.717, 1.165) is 22.0 Å². The lowest BCUT2D eigenvalue weighted by molar-refractivity contribution is -0.111. The Morgan fingerprint density at radius 1 is 1.00 bits per heavy atom. The zero-order chi connectivity index (χ0) is 17.8. The summed E-state index contributed by atoms with van der Waals surface area (Å²) in [5.41, 5.74) is 2.44. The Kier molecular flexibility index (Phi) is 4.22. The number of anilines is 1. The van der Waals surface area contributed by atoms with Crippen LogP contribution in [0.1, 0.15) is 5.56 Å². The Morgan fingerprint density at radius 2 is 1.85 bits per heavy atom. The summed E-state index contributed by atoms with van der Waals surface area (Å²) in [7, 11) is 0. The molecule has 0 aliphatic rings. The van der Waals surface area contributed by atoms with Crippen molar-refractivity contribution in [2.45, 2.75) is 0 Å². The van der Waals surface area contributed by atoms with Crippen LogP contribution in [0, 0.1) is 0 Å². The highest BCUT2D eigenvalue weighted by Gasteiger charge is 2.03. The van der Waals surface area contributed by atoms with E-state index in [-0.39, 0.29) is 5.91 Å². The standard InChI is InChI=1S/C20H15N5O/c26-20(12-11-16-7-3-6-15-5-1-2-10-19(15)16)22-17-8-4-9-18(13-17)25-14-21-23-24-25/h1-14H,(H,22,26)/b12-11-. The molecule has 0 saturated heterocycles. The molecule has 0 atom stereocenters. The average molecular weight is 341 g/mol. The Labute approximate surface area is 149 Å². The second-order valence-electron chi connectivity index (χ2n) is 5.70. The second kappa shape index (κ2) is 6.98. The molecule has 4 aromatic rings. The minimum Gasteiger partial charge on any atom is -0.322 e. The van der Waals surface area contributed by atoms with Gasteiger partial charge in [0.05, 0.1) is 5.69 Å². The van der Waals surface area contributed by atoms with Crippen molar-refractivity contribution in [3.63, 3.8) is 0 Å². The van der Waals surface area contributed by atoms with Crippen molar-refractivity contribution >= 4 is 28.4 Å². The predicted octanol–water partition coefficient (Wildman–Crippen LogP) is 3.47. The van der Waals surface area contributed by atoms with Crippen LogP contribution in [-0.2, 0) is 4.79 Å². The van der Waals surface area contributed by atoms with E-state index in [4.69, 9.17) is 0 Å². The molecule has 3 aromatic carbocycles. The first-order valence-electron chi connectivity index (χ1n) is 8.10. The molecule has 0 radical (unpaired) electrons. The van der Waals surface area contributed by atoms with Gasteiger partial charge in [-0.05, 0) is 51.0 Å². The van der Waals surface area contributed by atoms with Gasteiger partial charge in [0, 0.05) is 11.8 Å². The van der Waals surface area contributed by atoms with Crippen LogP contribution < -0.4 is 5.32 Å². The molecule has 0 fully saturated rings. The normalized spacial score (nSPS) is 11.1. The third-order valence-corrected chi connectivity index (χ3v) is 3.96. The molecule has 0 aliphatic carbocycles. The average Bonchev–Trinajstić information content (AvgIpc) is 3.21. The molecule has 26 heavy (non-hydrogen) atoms. The van der Waals surface area contributed by atoms with Crippen molar-refractivity contribution in [1.29, 1.82) is 0 Å². The van der Waals surface area contributed by atoms with Crippen LogP contribution in [0.3, 0.4) is 0 Å². The van der Waals surface area contributed by atoms with Crippen molar-refractivity contribution in [2.75, 3.05) is 5.32 Å². The van der Waals surface area contributed by atoms with E-state index in [9.17, 15) is 4.79 Å². The van der Waals surface area contributed by atoms with Crippen molar-refractivity contribution in [3.8, 4) is 5.69 Å². The smallest absolute Gasteiger partial charge is 0.248 e. The van der Waals surface area contributed by atoms with Gasteiger partial charge in [0.2, 0.25) is 5.91 Å². The fourth-order valence-electron chi connectivity index (χ4n) is 2.75. The van der Waals surface area contributed by atoms with Gasteiger partial charge in [-0.1, -0.05) is 48.5 Å². The third-order valence-electron chi connectivity index (χ3n) is 3.96. The van der Waals surface area contributed by atoms with Gasteiger partial charge < -0.3 is 5.32 Å². The highest BCUT2D eigenvalue weighted by Crippen LogP contribution is 2.20. The Bertz CT molecular complexity index is 1080. The molecule has 1 N–H and O–H groups in total. The summed E-state index contributed by atoms with van der Waals surface area (Å²) in [6.45, 7) is 0. The molecular formula is C20H15N5O. The summed E-state index contributed by atoms with van der Waals surface area (Å²) < 4.78 is 1.53. The van der Waals surface area contributed by atoms with E-state index in [1.165, 1.54) is 17.1 Å². The second-order valence-corrected chi connectivity index (χ2v) is 5.70. The highest BCUT2D eigenvalue weighted by molar-refractivity contribution is 6.03. The molecule has 6 heteroatoms. The number of hydrogen-bond acceptors (Lipinski definition) is 4. The van der Waals surface area contributed by atoms with Gasteiger partial charge >= 0.3 is 0 Å². The Hall–Kier alpha value is -3.80. The number of tetrazole rings is 1. The lowest BCUT2D eigenvalue weighted by atomic mass is 10.0. The van der Waals surface area contributed by atoms with E-state index >= 15 is 0 Å². The summed E-state index contributed by atoms with van der Waals surface area (Å²) in [6.07, 6.45) is 4.86. The number of rotatable bonds is 4. The molecule has 1 aromatic heterocycles. The van der Waals surface area contributed by atoms with Gasteiger partial charge in [0.25, 0.3) is 0 Å². The molecule has 0 aliphatic heterocycles. The van der Waals surface area contributed by atoms with Gasteiger partial charge in [-0.3, -0.25) is 4.79 Å². The van der Waals surface area contributed by atoms with Crippen LogP contribution in [0.5, 0.6) is 0 Å². The van der Waals surface area contributed by atoms with E-state index in [1.54, 1.807) is 6.07 Å². The molecule has 0 bridgehead atoms. The number of aromatic nitrogens is 4. The van der Waals surface area contributed by atoms with Crippen molar-refractivity contribution in [2.24, 2.45) is 0 Å². The highest BCUT2D eigenvalue weighted by atomic mass is 16.1. The van der Waals surface area contributed by atoms with Crippen molar-refractivity contribution in [1.82, 2.24) is 20.2 Å². The van der Waals surface area contributed by atoms with Crippen LogP contribution in [0.4, 0.5) is 5.69 Å². The zero-order valence-corrected chi connectivity index (χ0v) is 13.8. The lowest BCUT2D eigenvalue weighted by Gasteiger charge is -2.05. The SMILES string of the molecule is O=C(/C=C\c1cccc2ccccc12)Nc1cccc(-n2cnnn2)c1. The molecule has 0 unspecified atom stereocenters. The maximum Gasteiger partial charge on any atom is 0.248 e. The van der Waals surface area contributed by atoms with Gasteiger partial charge in [-0.2, -0.15) is 0 Å². The fraction of sp³-hybridized carbons (Fsp3) is 0. The largest absolute Gasteiger partial charge is 0.322 e. The molecule has 4 rings (SSSR count). The fourth-order valence-corrected chi connectivity index (χ4v) is 2.75. The quantitative estimate of drug-likeness (QED) is 0.577. The van der Waals surface area contributed by atoms with Crippen LogP contribution >= 0.6 is 0 Å². The van der Waals surface area contributed by atoms with Crippen molar-refractivity contribution in [3.05, 3.63) is 84.7 Å². The number of carbonyl (C=O) groups excluding carboxylic acids is 1. The maximum atomic E-state index is 12.3. The van der Waals surface area contributed by atoms with Gasteiger partial charge in [0.1, 0.15) is 6.33 Å². The minimum atomic E-state index is -0.202. The van der Waals surface area contributed by atoms with E-state index in [2.05, 4.69) is 33.0 Å². The van der Waals surface area contributed by atoms with Crippen LogP contribution in [-0.4, -0.2) is 26.1 Å². The number of carbonyl (C=O) groups is 1. The first kappa shape index (κ1) is 15.7. The molecule has 0 spiro atoms. The number of fused-ring (bicyclic) bond motifs is 1. The van der Waals surface area contributed by atoms with Gasteiger partial charge in [-0.15, -0.1) is 5.10 Å². The van der Waals surface area contributed by atoms with Crippen LogP contribution in [0.15, 0.2) is 79.1 Å². The van der Waals surface area contributed by atoms with E-state index in [0.29, 0.717) is 5.69 Å². The van der Waals surface area contributed by atoms with Gasteiger partial charge in [-0.25, -0.2) is 4.68 Å².